The summed E-state index contributed by atoms with van der Waals surface area (Å²) < 4.78 is 21.0. The van der Waals surface area contributed by atoms with E-state index in [1.807, 2.05) is 6.07 Å². The molecule has 4 heterocycles. The zero-order valence-electron chi connectivity index (χ0n) is 15.6. The van der Waals surface area contributed by atoms with Gasteiger partial charge in [0.05, 0.1) is 31.8 Å². The van der Waals surface area contributed by atoms with E-state index in [4.69, 9.17) is 13.6 Å². The van der Waals surface area contributed by atoms with Crippen LogP contribution in [0, 0.1) is 0 Å². The summed E-state index contributed by atoms with van der Waals surface area (Å²) in [5.41, 5.74) is 0. The summed E-state index contributed by atoms with van der Waals surface area (Å²) in [6.45, 7) is 2.68. The molecule has 0 radical (unpaired) electrons. The van der Waals surface area contributed by atoms with Gasteiger partial charge in [-0.2, -0.15) is 0 Å². The van der Waals surface area contributed by atoms with Crippen LogP contribution in [0.5, 0.6) is 0 Å². The van der Waals surface area contributed by atoms with Crippen LogP contribution in [0.4, 0.5) is 10.7 Å². The third-order valence-corrected chi connectivity index (χ3v) is 5.35. The highest BCUT2D eigenvalue weighted by Crippen LogP contribution is 2.34. The lowest BCUT2D eigenvalue weighted by molar-refractivity contribution is -0.123. The first kappa shape index (κ1) is 19.3. The average Bonchev–Trinajstić information content (AvgIpc) is 3.45. The lowest BCUT2D eigenvalue weighted by Gasteiger charge is -2.26. The maximum Gasteiger partial charge on any atom is 0.373 e. The summed E-state index contributed by atoms with van der Waals surface area (Å²) in [6.07, 6.45) is 1.55. The zero-order valence-corrected chi connectivity index (χ0v) is 16.4. The number of esters is 1. The quantitative estimate of drug-likeness (QED) is 0.536. The van der Waals surface area contributed by atoms with Gasteiger partial charge in [0, 0.05) is 25.2 Å². The highest BCUT2D eigenvalue weighted by molar-refractivity contribution is 8.18. The van der Waals surface area contributed by atoms with Crippen LogP contribution in [0.15, 0.2) is 38.0 Å². The Bertz CT molecular complexity index is 971. The number of nitrogens with zero attached hydrogens (tertiary/aromatic N) is 2. The molecule has 0 aliphatic carbocycles. The van der Waals surface area contributed by atoms with Crippen LogP contribution < -0.4 is 4.90 Å². The number of morpholine rings is 1. The van der Waals surface area contributed by atoms with E-state index in [0.717, 1.165) is 29.8 Å². The maximum absolute atomic E-state index is 12.6. The monoisotopic (exact) mass is 418 g/mol. The molecule has 0 atom stereocenters. The topological polar surface area (TPSA) is 102 Å². The van der Waals surface area contributed by atoms with Crippen molar-refractivity contribution in [1.29, 1.82) is 0 Å². The number of ether oxygens (including phenoxy) is 2. The van der Waals surface area contributed by atoms with Crippen LogP contribution in [0.2, 0.25) is 0 Å². The molecular formula is C19H18N2O7S. The molecule has 0 saturated carbocycles. The molecule has 0 aromatic carbocycles. The zero-order chi connectivity index (χ0) is 20.4. The van der Waals surface area contributed by atoms with Crippen molar-refractivity contribution in [2.24, 2.45) is 0 Å². The van der Waals surface area contributed by atoms with Crippen LogP contribution in [0.25, 0.3) is 6.08 Å². The molecule has 29 heavy (non-hydrogen) atoms. The summed E-state index contributed by atoms with van der Waals surface area (Å²) in [4.78, 5) is 39.8. The van der Waals surface area contributed by atoms with Gasteiger partial charge in [-0.05, 0) is 30.0 Å². The minimum atomic E-state index is -0.626. The number of hydrogen-bond donors (Lipinski definition) is 0. The summed E-state index contributed by atoms with van der Waals surface area (Å²) in [5, 5.41) is -0.419. The van der Waals surface area contributed by atoms with E-state index in [-0.39, 0.29) is 17.2 Å². The van der Waals surface area contributed by atoms with E-state index >= 15 is 0 Å². The molecule has 0 bridgehead atoms. The highest BCUT2D eigenvalue weighted by Gasteiger charge is 2.36. The van der Waals surface area contributed by atoms with Crippen molar-refractivity contribution in [3.05, 3.63) is 46.5 Å². The first-order chi connectivity index (χ1) is 14.0. The minimum absolute atomic E-state index is 0.0104. The molecule has 2 aromatic heterocycles. The van der Waals surface area contributed by atoms with Crippen LogP contribution >= 0.6 is 11.8 Å². The molecule has 2 amide bonds. The van der Waals surface area contributed by atoms with Crippen molar-refractivity contribution in [1.82, 2.24) is 4.90 Å². The highest BCUT2D eigenvalue weighted by atomic mass is 32.2. The standard InChI is InChI=1S/C19H18N2O7S/c1-25-18(23)14-4-2-13(27-14)11-21-17(22)15(29-19(21)24)10-12-3-5-16(28-12)20-6-8-26-9-7-20/h2-5,10H,6-9,11H2,1H3. The van der Waals surface area contributed by atoms with E-state index in [0.29, 0.717) is 30.6 Å². The molecule has 152 valence electrons. The number of imide groups is 1. The van der Waals surface area contributed by atoms with Gasteiger partial charge in [-0.1, -0.05) is 0 Å². The fraction of sp³-hybridized carbons (Fsp3) is 0.316. The van der Waals surface area contributed by atoms with E-state index in [1.54, 1.807) is 12.1 Å². The van der Waals surface area contributed by atoms with E-state index < -0.39 is 17.1 Å². The van der Waals surface area contributed by atoms with Gasteiger partial charge >= 0.3 is 5.97 Å². The van der Waals surface area contributed by atoms with Crippen LogP contribution in [0.1, 0.15) is 22.1 Å². The SMILES string of the molecule is COC(=O)c1ccc(CN2C(=O)SC(=Cc3ccc(N4CCOCC4)o3)C2=O)o1. The van der Waals surface area contributed by atoms with Crippen molar-refractivity contribution < 1.29 is 32.7 Å². The minimum Gasteiger partial charge on any atom is -0.463 e. The van der Waals surface area contributed by atoms with Crippen LogP contribution in [-0.4, -0.2) is 55.4 Å². The molecule has 10 heteroatoms. The van der Waals surface area contributed by atoms with Gasteiger partial charge in [0.15, 0.2) is 5.88 Å². The smallest absolute Gasteiger partial charge is 0.373 e. The predicted octanol–water partition coefficient (Wildman–Crippen LogP) is 2.73. The number of thioether (sulfide) groups is 1. The fourth-order valence-electron chi connectivity index (χ4n) is 2.97. The van der Waals surface area contributed by atoms with E-state index in [9.17, 15) is 14.4 Å². The first-order valence-corrected chi connectivity index (χ1v) is 9.72. The van der Waals surface area contributed by atoms with Crippen molar-refractivity contribution >= 4 is 40.8 Å². The average molecular weight is 418 g/mol. The lowest BCUT2D eigenvalue weighted by atomic mass is 10.3. The van der Waals surface area contributed by atoms with Gasteiger partial charge in [0.25, 0.3) is 11.1 Å². The second kappa shape index (κ2) is 8.18. The Balaban J connectivity index is 1.45. The van der Waals surface area contributed by atoms with Gasteiger partial charge in [-0.25, -0.2) is 4.79 Å². The molecule has 2 saturated heterocycles. The molecule has 9 nitrogen and oxygen atoms in total. The third kappa shape index (κ3) is 4.08. The number of carbonyl (C=O) groups excluding carboxylic acids is 3. The van der Waals surface area contributed by atoms with Crippen molar-refractivity contribution in [3.8, 4) is 0 Å². The van der Waals surface area contributed by atoms with Gasteiger partial charge in [0.2, 0.25) is 5.76 Å². The van der Waals surface area contributed by atoms with Crippen LogP contribution in [0.3, 0.4) is 0 Å². The molecule has 2 fully saturated rings. The third-order valence-electron chi connectivity index (χ3n) is 4.44. The Kier molecular flexibility index (Phi) is 5.45. The predicted molar refractivity (Wildman–Crippen MR) is 103 cm³/mol. The molecular weight excluding hydrogens is 400 g/mol. The molecule has 0 unspecified atom stereocenters. The largest absolute Gasteiger partial charge is 0.463 e. The maximum atomic E-state index is 12.6. The summed E-state index contributed by atoms with van der Waals surface area (Å²) in [6, 6.07) is 6.55. The number of amides is 2. The Hall–Kier alpha value is -2.98. The summed E-state index contributed by atoms with van der Waals surface area (Å²) >= 11 is 0.830. The normalized spacial score (nSPS) is 18.7. The van der Waals surface area contributed by atoms with E-state index in [1.165, 1.54) is 19.2 Å². The molecule has 4 rings (SSSR count). The molecule has 2 aromatic rings. The summed E-state index contributed by atoms with van der Waals surface area (Å²) in [5.74, 6) is 0.435. The van der Waals surface area contributed by atoms with E-state index in [2.05, 4.69) is 9.64 Å². The number of carbonyl (C=O) groups is 3. The van der Waals surface area contributed by atoms with Crippen LogP contribution in [-0.2, 0) is 20.8 Å². The van der Waals surface area contributed by atoms with Crippen molar-refractivity contribution in [2.45, 2.75) is 6.54 Å². The molecule has 2 aliphatic heterocycles. The molecule has 2 aliphatic rings. The van der Waals surface area contributed by atoms with Crippen molar-refractivity contribution in [3.63, 3.8) is 0 Å². The second-order valence-corrected chi connectivity index (χ2v) is 7.29. The van der Waals surface area contributed by atoms with Gasteiger partial charge in [-0.3, -0.25) is 14.5 Å². The Labute approximate surface area is 170 Å². The summed E-state index contributed by atoms with van der Waals surface area (Å²) in [7, 11) is 1.24. The molecule has 0 spiro atoms. The Morgan fingerprint density at radius 2 is 1.97 bits per heavy atom. The number of rotatable bonds is 5. The number of hydrogen-bond acceptors (Lipinski definition) is 9. The van der Waals surface area contributed by atoms with Gasteiger partial charge in [0.1, 0.15) is 11.5 Å². The van der Waals surface area contributed by atoms with Crippen molar-refractivity contribution in [2.75, 3.05) is 38.3 Å². The second-order valence-electron chi connectivity index (χ2n) is 6.30. The number of methoxy groups -OCH3 is 1. The first-order valence-electron chi connectivity index (χ1n) is 8.90. The molecule has 0 N–H and O–H groups in total. The Morgan fingerprint density at radius 3 is 2.72 bits per heavy atom. The Morgan fingerprint density at radius 1 is 1.17 bits per heavy atom. The van der Waals surface area contributed by atoms with Gasteiger partial charge in [-0.15, -0.1) is 0 Å². The number of anilines is 1. The number of furan rings is 2. The lowest BCUT2D eigenvalue weighted by Crippen LogP contribution is -2.35. The fourth-order valence-corrected chi connectivity index (χ4v) is 3.79. The van der Waals surface area contributed by atoms with Gasteiger partial charge < -0.3 is 23.2 Å².